The maximum absolute atomic E-state index is 7.00. The van der Waals surface area contributed by atoms with E-state index in [2.05, 4.69) is 39.0 Å². The Hall–Kier alpha value is -0.820. The Balaban J connectivity index is 0. The summed E-state index contributed by atoms with van der Waals surface area (Å²) in [6.45, 7) is 10.4. The fourth-order valence-electron chi connectivity index (χ4n) is 0.891. The Kier molecular flexibility index (Phi) is 10.5. The molecule has 0 spiro atoms. The molecule has 0 atom stereocenters. The molecule has 1 heteroatoms. The fourth-order valence-corrected chi connectivity index (χ4v) is 0.891. The van der Waals surface area contributed by atoms with E-state index in [1.807, 2.05) is 13.8 Å². The van der Waals surface area contributed by atoms with E-state index in [0.717, 1.165) is 7.11 Å². The number of aryl methyl sites for hydroxylation is 3. The highest BCUT2D eigenvalue weighted by atomic mass is 16.2. The molecule has 0 fully saturated rings. The minimum atomic E-state index is 1.00. The smallest absolute Gasteiger partial charge is 0.0319 e. The third kappa shape index (κ3) is 6.35. The molecule has 0 radical (unpaired) electrons. The van der Waals surface area contributed by atoms with Crippen LogP contribution in [0.25, 0.3) is 0 Å². The Labute approximate surface area is 82.4 Å². The number of aliphatic hydroxyl groups is 1. The van der Waals surface area contributed by atoms with E-state index in [4.69, 9.17) is 5.11 Å². The lowest BCUT2D eigenvalue weighted by molar-refractivity contribution is 0.399. The van der Waals surface area contributed by atoms with E-state index in [-0.39, 0.29) is 0 Å². The van der Waals surface area contributed by atoms with Crippen LogP contribution in [0.2, 0.25) is 0 Å². The third-order valence-electron chi connectivity index (χ3n) is 1.66. The molecule has 0 heterocycles. The number of hydrogen-bond acceptors (Lipinski definition) is 1. The molecule has 1 nitrogen and oxygen atoms in total. The maximum atomic E-state index is 7.00. The van der Waals surface area contributed by atoms with E-state index < -0.39 is 0 Å². The van der Waals surface area contributed by atoms with Crippen LogP contribution < -0.4 is 0 Å². The molecule has 0 saturated carbocycles. The molecule has 0 bridgehead atoms. The predicted molar refractivity (Wildman–Crippen MR) is 60.1 cm³/mol. The summed E-state index contributed by atoms with van der Waals surface area (Å²) in [6, 6.07) is 6.50. The molecular formula is C12H22O. The average molecular weight is 182 g/mol. The summed E-state index contributed by atoms with van der Waals surface area (Å²) in [4.78, 5) is 0. The maximum Gasteiger partial charge on any atom is 0.0319 e. The van der Waals surface area contributed by atoms with E-state index in [1.165, 1.54) is 16.7 Å². The van der Waals surface area contributed by atoms with Gasteiger partial charge in [0.05, 0.1) is 0 Å². The van der Waals surface area contributed by atoms with Crippen LogP contribution in [0, 0.1) is 20.8 Å². The number of hydrogen-bond donors (Lipinski definition) is 1. The Morgan fingerprint density at radius 2 is 1.31 bits per heavy atom. The van der Waals surface area contributed by atoms with Gasteiger partial charge in [-0.05, 0) is 31.9 Å². The van der Waals surface area contributed by atoms with Crippen LogP contribution in [0.5, 0.6) is 0 Å². The van der Waals surface area contributed by atoms with Crippen molar-refractivity contribution in [2.75, 3.05) is 7.11 Å². The van der Waals surface area contributed by atoms with Gasteiger partial charge in [-0.3, -0.25) is 0 Å². The highest BCUT2D eigenvalue weighted by Crippen LogP contribution is 2.07. The van der Waals surface area contributed by atoms with Gasteiger partial charge in [0.25, 0.3) is 0 Å². The zero-order valence-electron chi connectivity index (χ0n) is 9.68. The van der Waals surface area contributed by atoms with Crippen molar-refractivity contribution in [3.05, 3.63) is 34.9 Å². The van der Waals surface area contributed by atoms with Gasteiger partial charge in [0, 0.05) is 7.11 Å². The lowest BCUT2D eigenvalue weighted by Gasteiger charge is -1.98. The van der Waals surface area contributed by atoms with Crippen molar-refractivity contribution >= 4 is 0 Å². The van der Waals surface area contributed by atoms with Gasteiger partial charge in [0.2, 0.25) is 0 Å². The van der Waals surface area contributed by atoms with Gasteiger partial charge in [-0.15, -0.1) is 0 Å². The molecule has 1 N–H and O–H groups in total. The second kappa shape index (κ2) is 9.27. The molecule has 0 amide bonds. The summed E-state index contributed by atoms with van der Waals surface area (Å²) >= 11 is 0. The van der Waals surface area contributed by atoms with Gasteiger partial charge in [-0.1, -0.05) is 37.6 Å². The van der Waals surface area contributed by atoms with Crippen LogP contribution in [0.4, 0.5) is 0 Å². The summed E-state index contributed by atoms with van der Waals surface area (Å²) in [6.07, 6.45) is 0. The van der Waals surface area contributed by atoms with Crippen LogP contribution in [0.15, 0.2) is 18.2 Å². The first-order valence-corrected chi connectivity index (χ1v) is 4.69. The average Bonchev–Trinajstić information content (AvgIpc) is 2.18. The normalized spacial score (nSPS) is 7.62. The molecule has 13 heavy (non-hydrogen) atoms. The molecule has 1 rings (SSSR count). The molecule has 1 aromatic carbocycles. The van der Waals surface area contributed by atoms with Gasteiger partial charge < -0.3 is 5.11 Å². The molecule has 0 aliphatic rings. The van der Waals surface area contributed by atoms with E-state index >= 15 is 0 Å². The van der Waals surface area contributed by atoms with Crippen LogP contribution >= 0.6 is 0 Å². The zero-order chi connectivity index (χ0) is 10.9. The molecule has 0 unspecified atom stereocenters. The SMILES string of the molecule is CC.CO.Cc1ccc(C)c(C)c1. The van der Waals surface area contributed by atoms with Crippen molar-refractivity contribution < 1.29 is 5.11 Å². The molecule has 76 valence electrons. The largest absolute Gasteiger partial charge is 0.400 e. The van der Waals surface area contributed by atoms with Crippen LogP contribution in [0.1, 0.15) is 30.5 Å². The van der Waals surface area contributed by atoms with Crippen molar-refractivity contribution in [3.8, 4) is 0 Å². The summed E-state index contributed by atoms with van der Waals surface area (Å²) in [5.74, 6) is 0. The molecule has 0 aromatic heterocycles. The van der Waals surface area contributed by atoms with Crippen LogP contribution in [-0.4, -0.2) is 12.2 Å². The van der Waals surface area contributed by atoms with Crippen molar-refractivity contribution in [1.82, 2.24) is 0 Å². The summed E-state index contributed by atoms with van der Waals surface area (Å²) < 4.78 is 0. The van der Waals surface area contributed by atoms with Crippen LogP contribution in [-0.2, 0) is 0 Å². The summed E-state index contributed by atoms with van der Waals surface area (Å²) in [5.41, 5.74) is 4.11. The Bertz CT molecular complexity index is 216. The van der Waals surface area contributed by atoms with Gasteiger partial charge in [-0.2, -0.15) is 0 Å². The number of rotatable bonds is 0. The second-order valence-electron chi connectivity index (χ2n) is 2.59. The molecule has 0 aliphatic carbocycles. The quantitative estimate of drug-likeness (QED) is 0.653. The van der Waals surface area contributed by atoms with E-state index in [0.29, 0.717) is 0 Å². The minimum absolute atomic E-state index is 1.00. The fraction of sp³-hybridized carbons (Fsp3) is 0.500. The standard InChI is InChI=1S/C9H12.C2H6.CH4O/c1-7-4-5-8(2)9(3)6-7;2*1-2/h4-6H,1-3H3;1-2H3;2H,1H3. The monoisotopic (exact) mass is 182 g/mol. The third-order valence-corrected chi connectivity index (χ3v) is 1.66. The first-order chi connectivity index (χ1) is 6.20. The van der Waals surface area contributed by atoms with Crippen molar-refractivity contribution in [3.63, 3.8) is 0 Å². The Morgan fingerprint density at radius 3 is 1.62 bits per heavy atom. The van der Waals surface area contributed by atoms with Gasteiger partial charge in [0.15, 0.2) is 0 Å². The lowest BCUT2D eigenvalue weighted by atomic mass is 10.1. The first kappa shape index (κ1) is 14.7. The van der Waals surface area contributed by atoms with E-state index in [9.17, 15) is 0 Å². The molecule has 1 aromatic rings. The topological polar surface area (TPSA) is 20.2 Å². The second-order valence-corrected chi connectivity index (χ2v) is 2.59. The summed E-state index contributed by atoms with van der Waals surface area (Å²) in [5, 5.41) is 7.00. The predicted octanol–water partition coefficient (Wildman–Crippen LogP) is 3.25. The van der Waals surface area contributed by atoms with Crippen molar-refractivity contribution in [2.45, 2.75) is 34.6 Å². The zero-order valence-corrected chi connectivity index (χ0v) is 9.68. The minimum Gasteiger partial charge on any atom is -0.400 e. The summed E-state index contributed by atoms with van der Waals surface area (Å²) in [7, 11) is 1.00. The number of benzene rings is 1. The molecule has 0 aliphatic heterocycles. The highest BCUT2D eigenvalue weighted by molar-refractivity contribution is 5.28. The van der Waals surface area contributed by atoms with Crippen LogP contribution in [0.3, 0.4) is 0 Å². The van der Waals surface area contributed by atoms with Gasteiger partial charge in [-0.25, -0.2) is 0 Å². The lowest BCUT2D eigenvalue weighted by Crippen LogP contribution is -1.79. The van der Waals surface area contributed by atoms with Crippen molar-refractivity contribution in [2.24, 2.45) is 0 Å². The molecular weight excluding hydrogens is 160 g/mol. The van der Waals surface area contributed by atoms with Gasteiger partial charge >= 0.3 is 0 Å². The Morgan fingerprint density at radius 1 is 0.846 bits per heavy atom. The van der Waals surface area contributed by atoms with Crippen molar-refractivity contribution in [1.29, 1.82) is 0 Å². The number of aliphatic hydroxyl groups excluding tert-OH is 1. The molecule has 0 saturated heterocycles. The highest BCUT2D eigenvalue weighted by Gasteiger charge is 1.89. The van der Waals surface area contributed by atoms with Gasteiger partial charge in [0.1, 0.15) is 0 Å². The van der Waals surface area contributed by atoms with E-state index in [1.54, 1.807) is 0 Å². The first-order valence-electron chi connectivity index (χ1n) is 4.69.